The maximum Gasteiger partial charge on any atom is 0.255 e. The van der Waals surface area contributed by atoms with Gasteiger partial charge in [-0.1, -0.05) is 27.5 Å². The third kappa shape index (κ3) is 5.35. The molecule has 0 aromatic heterocycles. The van der Waals surface area contributed by atoms with Crippen molar-refractivity contribution >= 4 is 43.3 Å². The summed E-state index contributed by atoms with van der Waals surface area (Å²) in [7, 11) is -2.54. The number of ether oxygens (including phenoxy) is 1. The molecule has 0 radical (unpaired) electrons. The Morgan fingerprint density at radius 2 is 1.96 bits per heavy atom. The van der Waals surface area contributed by atoms with E-state index in [1.165, 1.54) is 37.4 Å². The van der Waals surface area contributed by atoms with Gasteiger partial charge in [0.25, 0.3) is 5.91 Å². The van der Waals surface area contributed by atoms with Gasteiger partial charge in [0.05, 0.1) is 17.9 Å². The van der Waals surface area contributed by atoms with Gasteiger partial charge < -0.3 is 20.3 Å². The van der Waals surface area contributed by atoms with Gasteiger partial charge in [-0.2, -0.15) is 0 Å². The molecule has 0 bridgehead atoms. The van der Waals surface area contributed by atoms with Gasteiger partial charge in [0.15, 0.2) is 9.84 Å². The first kappa shape index (κ1) is 21.5. The van der Waals surface area contributed by atoms with Crippen molar-refractivity contribution in [2.24, 2.45) is 0 Å². The van der Waals surface area contributed by atoms with E-state index in [0.29, 0.717) is 4.47 Å². The molecule has 7 nitrogen and oxygen atoms in total. The number of carbonyl (C=O) groups is 1. The summed E-state index contributed by atoms with van der Waals surface area (Å²) in [5, 5.41) is 22.9. The number of sulfone groups is 1. The van der Waals surface area contributed by atoms with E-state index in [9.17, 15) is 23.4 Å². The van der Waals surface area contributed by atoms with Gasteiger partial charge in [0.1, 0.15) is 16.4 Å². The molecule has 10 heteroatoms. The Kier molecular flexibility index (Phi) is 7.10. The van der Waals surface area contributed by atoms with Crippen molar-refractivity contribution in [3.8, 4) is 11.5 Å². The first-order chi connectivity index (χ1) is 12.7. The standard InChI is InChI=1S/C17H17BrClNO6S/c1-26-5-4-20-17(23)13-8-12(19)6-10(16(13)22)9-27(24,25)15-7-11(18)2-3-14(15)21/h2-3,6-8,21-22H,4-5,9H2,1H3,(H,20,23). The maximum absolute atomic E-state index is 12.7. The Morgan fingerprint density at radius 3 is 2.63 bits per heavy atom. The van der Waals surface area contributed by atoms with Gasteiger partial charge in [0, 0.05) is 28.7 Å². The van der Waals surface area contributed by atoms with E-state index in [2.05, 4.69) is 21.2 Å². The number of methoxy groups -OCH3 is 1. The normalized spacial score (nSPS) is 11.4. The summed E-state index contributed by atoms with van der Waals surface area (Å²) in [4.78, 5) is 11.9. The lowest BCUT2D eigenvalue weighted by molar-refractivity contribution is 0.0934. The van der Waals surface area contributed by atoms with Crippen LogP contribution in [0.5, 0.6) is 11.5 Å². The topological polar surface area (TPSA) is 113 Å². The number of rotatable bonds is 7. The number of amides is 1. The van der Waals surface area contributed by atoms with Crippen LogP contribution in [0, 0.1) is 0 Å². The molecule has 0 saturated heterocycles. The summed E-state index contributed by atoms with van der Waals surface area (Å²) in [5.74, 6) is -2.18. The van der Waals surface area contributed by atoms with E-state index in [-0.39, 0.29) is 34.2 Å². The molecule has 0 atom stereocenters. The largest absolute Gasteiger partial charge is 0.507 e. The molecule has 27 heavy (non-hydrogen) atoms. The minimum atomic E-state index is -4.02. The minimum absolute atomic E-state index is 0.0567. The summed E-state index contributed by atoms with van der Waals surface area (Å²) >= 11 is 9.14. The lowest BCUT2D eigenvalue weighted by atomic mass is 10.1. The molecule has 2 rings (SSSR count). The Morgan fingerprint density at radius 1 is 1.26 bits per heavy atom. The Labute approximate surface area is 170 Å². The third-order valence-electron chi connectivity index (χ3n) is 3.59. The Hall–Kier alpha value is -1.81. The molecule has 1 amide bonds. The van der Waals surface area contributed by atoms with Crippen molar-refractivity contribution in [1.82, 2.24) is 5.32 Å². The molecule has 0 aliphatic rings. The zero-order valence-corrected chi connectivity index (χ0v) is 17.4. The molecule has 0 aliphatic heterocycles. The maximum atomic E-state index is 12.7. The highest BCUT2D eigenvalue weighted by Crippen LogP contribution is 2.33. The van der Waals surface area contributed by atoms with Crippen molar-refractivity contribution < 1.29 is 28.2 Å². The molecule has 2 aromatic carbocycles. The van der Waals surface area contributed by atoms with E-state index in [1.54, 1.807) is 0 Å². The first-order valence-corrected chi connectivity index (χ1v) is 10.5. The Balaban J connectivity index is 2.39. The summed E-state index contributed by atoms with van der Waals surface area (Å²) in [6.45, 7) is 0.483. The molecule has 0 unspecified atom stereocenters. The van der Waals surface area contributed by atoms with Crippen molar-refractivity contribution in [2.45, 2.75) is 10.6 Å². The lowest BCUT2D eigenvalue weighted by Crippen LogP contribution is -2.27. The number of aromatic hydroxyl groups is 2. The molecule has 0 spiro atoms. The summed E-state index contributed by atoms with van der Waals surface area (Å²) in [6, 6.07) is 6.49. The highest BCUT2D eigenvalue weighted by molar-refractivity contribution is 9.10. The van der Waals surface area contributed by atoms with Crippen molar-refractivity contribution in [1.29, 1.82) is 0 Å². The summed E-state index contributed by atoms with van der Waals surface area (Å²) in [6.07, 6.45) is 0. The number of carbonyl (C=O) groups excluding carboxylic acids is 1. The zero-order chi connectivity index (χ0) is 20.2. The summed E-state index contributed by atoms with van der Waals surface area (Å²) in [5.41, 5.74) is -0.207. The average molecular weight is 479 g/mol. The van der Waals surface area contributed by atoms with Gasteiger partial charge in [0.2, 0.25) is 0 Å². The number of phenols is 2. The van der Waals surface area contributed by atoms with Crippen molar-refractivity contribution in [3.63, 3.8) is 0 Å². The quantitative estimate of drug-likeness (QED) is 0.528. The van der Waals surface area contributed by atoms with E-state index >= 15 is 0 Å². The number of hydrogen-bond donors (Lipinski definition) is 3. The van der Waals surface area contributed by atoms with Crippen LogP contribution in [0.1, 0.15) is 15.9 Å². The van der Waals surface area contributed by atoms with Crippen LogP contribution in [0.4, 0.5) is 0 Å². The molecule has 146 valence electrons. The fraction of sp³-hybridized carbons (Fsp3) is 0.235. The van der Waals surface area contributed by atoms with Gasteiger partial charge in [-0.3, -0.25) is 4.79 Å². The van der Waals surface area contributed by atoms with Crippen molar-refractivity contribution in [3.05, 3.63) is 51.0 Å². The number of benzene rings is 2. The van der Waals surface area contributed by atoms with Crippen LogP contribution in [-0.2, 0) is 20.3 Å². The second-order valence-electron chi connectivity index (χ2n) is 5.58. The van der Waals surface area contributed by atoms with Gasteiger partial charge in [-0.15, -0.1) is 0 Å². The highest BCUT2D eigenvalue weighted by Gasteiger charge is 2.24. The van der Waals surface area contributed by atoms with Crippen LogP contribution in [0.15, 0.2) is 39.7 Å². The molecule has 0 saturated carbocycles. The second kappa shape index (κ2) is 8.92. The SMILES string of the molecule is COCCNC(=O)c1cc(Cl)cc(CS(=O)(=O)c2cc(Br)ccc2O)c1O. The van der Waals surface area contributed by atoms with Gasteiger partial charge >= 0.3 is 0 Å². The van der Waals surface area contributed by atoms with Crippen LogP contribution in [0.2, 0.25) is 5.02 Å². The van der Waals surface area contributed by atoms with E-state index < -0.39 is 33.0 Å². The molecule has 0 heterocycles. The predicted molar refractivity (Wildman–Crippen MR) is 104 cm³/mol. The van der Waals surface area contributed by atoms with E-state index in [4.69, 9.17) is 16.3 Å². The van der Waals surface area contributed by atoms with Crippen LogP contribution in [0.25, 0.3) is 0 Å². The lowest BCUT2D eigenvalue weighted by Gasteiger charge is -2.12. The van der Waals surface area contributed by atoms with Crippen LogP contribution in [-0.4, -0.2) is 44.8 Å². The van der Waals surface area contributed by atoms with E-state index in [0.717, 1.165) is 0 Å². The minimum Gasteiger partial charge on any atom is -0.507 e. The second-order valence-corrected chi connectivity index (χ2v) is 8.89. The van der Waals surface area contributed by atoms with Gasteiger partial charge in [-0.05, 0) is 30.3 Å². The Bertz CT molecular complexity index is 964. The van der Waals surface area contributed by atoms with Gasteiger partial charge in [-0.25, -0.2) is 8.42 Å². The molecule has 0 aliphatic carbocycles. The van der Waals surface area contributed by atoms with Crippen LogP contribution < -0.4 is 5.32 Å². The summed E-state index contributed by atoms with van der Waals surface area (Å²) < 4.78 is 30.7. The number of halogens is 2. The van der Waals surface area contributed by atoms with Crippen molar-refractivity contribution in [2.75, 3.05) is 20.3 Å². The number of phenolic OH excluding ortho intramolecular Hbond substituents is 2. The average Bonchev–Trinajstić information content (AvgIpc) is 2.59. The number of hydrogen-bond acceptors (Lipinski definition) is 6. The fourth-order valence-electron chi connectivity index (χ4n) is 2.32. The predicted octanol–water partition coefficient (Wildman–Crippen LogP) is 2.86. The first-order valence-electron chi connectivity index (χ1n) is 7.65. The zero-order valence-electron chi connectivity index (χ0n) is 14.2. The smallest absolute Gasteiger partial charge is 0.255 e. The number of nitrogens with one attached hydrogen (secondary N) is 1. The molecular weight excluding hydrogens is 462 g/mol. The van der Waals surface area contributed by atoms with Crippen LogP contribution in [0.3, 0.4) is 0 Å². The fourth-order valence-corrected chi connectivity index (χ4v) is 4.55. The van der Waals surface area contributed by atoms with Crippen LogP contribution >= 0.6 is 27.5 Å². The molecule has 3 N–H and O–H groups in total. The molecule has 0 fully saturated rings. The van der Waals surface area contributed by atoms with E-state index in [1.807, 2.05) is 0 Å². The molecule has 2 aromatic rings. The highest BCUT2D eigenvalue weighted by atomic mass is 79.9. The third-order valence-corrected chi connectivity index (χ3v) is 5.99. The molecular formula is C17H17BrClNO6S. The monoisotopic (exact) mass is 477 g/mol.